The molecule has 1 rings (SSSR count). The molecule has 3 heteroatoms. The fourth-order valence-electron chi connectivity index (χ4n) is 1.72. The summed E-state index contributed by atoms with van der Waals surface area (Å²) in [6.07, 6.45) is 11.7. The minimum atomic E-state index is 0.239. The molecule has 0 bridgehead atoms. The lowest BCUT2D eigenvalue weighted by Crippen LogP contribution is -2.18. The Bertz CT molecular complexity index is 292. The van der Waals surface area contributed by atoms with Crippen molar-refractivity contribution in [2.75, 3.05) is 6.54 Å². The van der Waals surface area contributed by atoms with Crippen LogP contribution in [0.15, 0.2) is 23.9 Å². The molecule has 0 unspecified atom stereocenters. The van der Waals surface area contributed by atoms with E-state index in [1.165, 1.54) is 6.08 Å². The van der Waals surface area contributed by atoms with Crippen molar-refractivity contribution >= 4 is 12.1 Å². The summed E-state index contributed by atoms with van der Waals surface area (Å²) in [4.78, 5) is 21.1. The van der Waals surface area contributed by atoms with Crippen molar-refractivity contribution in [3.8, 4) is 0 Å². The molecule has 0 fully saturated rings. The van der Waals surface area contributed by atoms with Gasteiger partial charge in [-0.2, -0.15) is 0 Å². The van der Waals surface area contributed by atoms with Crippen LogP contribution in [0.3, 0.4) is 0 Å². The molecule has 88 valence electrons. The Morgan fingerprint density at radius 3 is 2.94 bits per heavy atom. The van der Waals surface area contributed by atoms with Gasteiger partial charge in [-0.1, -0.05) is 6.08 Å². The second-order valence-corrected chi connectivity index (χ2v) is 3.98. The first-order valence-electron chi connectivity index (χ1n) is 5.90. The quantitative estimate of drug-likeness (QED) is 0.407. The van der Waals surface area contributed by atoms with Gasteiger partial charge in [0, 0.05) is 24.7 Å². The number of aldehydes is 1. The minimum Gasteiger partial charge on any atom is -0.388 e. The molecule has 0 radical (unpaired) electrons. The molecule has 0 aromatic rings. The zero-order chi connectivity index (χ0) is 11.6. The monoisotopic (exact) mass is 221 g/mol. The van der Waals surface area contributed by atoms with Crippen LogP contribution in [0.5, 0.6) is 0 Å². The summed E-state index contributed by atoms with van der Waals surface area (Å²) >= 11 is 0. The third kappa shape index (κ3) is 5.49. The normalized spacial score (nSPS) is 16.2. The minimum absolute atomic E-state index is 0.239. The molecular formula is C13H19NO2. The largest absolute Gasteiger partial charge is 0.388 e. The Hall–Kier alpha value is -1.38. The van der Waals surface area contributed by atoms with Crippen molar-refractivity contribution in [3.05, 3.63) is 23.9 Å². The van der Waals surface area contributed by atoms with Crippen molar-refractivity contribution in [2.45, 2.75) is 38.5 Å². The zero-order valence-corrected chi connectivity index (χ0v) is 9.58. The van der Waals surface area contributed by atoms with Gasteiger partial charge in [0.05, 0.1) is 0 Å². The first-order valence-corrected chi connectivity index (χ1v) is 5.90. The van der Waals surface area contributed by atoms with E-state index in [0.717, 1.165) is 50.6 Å². The number of carbonyl (C=O) groups excluding carboxylic acids is 2. The van der Waals surface area contributed by atoms with E-state index in [0.29, 0.717) is 6.42 Å². The standard InChI is InChI=1S/C13H19NO2/c15-10-5-3-1-2-4-9-14-12-7-6-8-13(16)11-12/h3,5,10-11,14H,1-2,4,6-9H2/b5-3-. The summed E-state index contributed by atoms with van der Waals surface area (Å²) in [6, 6.07) is 0. The van der Waals surface area contributed by atoms with Crippen LogP contribution in [0.1, 0.15) is 38.5 Å². The van der Waals surface area contributed by atoms with Crippen molar-refractivity contribution in [2.24, 2.45) is 0 Å². The fourth-order valence-corrected chi connectivity index (χ4v) is 1.72. The lowest BCUT2D eigenvalue weighted by Gasteiger charge is -2.13. The van der Waals surface area contributed by atoms with Crippen LogP contribution in [-0.4, -0.2) is 18.6 Å². The van der Waals surface area contributed by atoms with Crippen LogP contribution in [0.2, 0.25) is 0 Å². The number of rotatable bonds is 7. The number of hydrogen-bond donors (Lipinski definition) is 1. The van der Waals surface area contributed by atoms with Crippen LogP contribution < -0.4 is 5.32 Å². The van der Waals surface area contributed by atoms with Gasteiger partial charge in [-0.3, -0.25) is 9.59 Å². The van der Waals surface area contributed by atoms with Gasteiger partial charge in [0.15, 0.2) is 5.78 Å². The van der Waals surface area contributed by atoms with E-state index in [1.807, 2.05) is 6.08 Å². The molecule has 0 aliphatic heterocycles. The first-order chi connectivity index (χ1) is 7.83. The molecule has 0 saturated heterocycles. The van der Waals surface area contributed by atoms with Gasteiger partial charge in [-0.25, -0.2) is 0 Å². The summed E-state index contributed by atoms with van der Waals surface area (Å²) in [5.41, 5.74) is 1.08. The van der Waals surface area contributed by atoms with Crippen molar-refractivity contribution < 1.29 is 9.59 Å². The van der Waals surface area contributed by atoms with E-state index in [2.05, 4.69) is 5.32 Å². The third-order valence-electron chi connectivity index (χ3n) is 2.57. The highest BCUT2D eigenvalue weighted by Crippen LogP contribution is 2.12. The maximum Gasteiger partial charge on any atom is 0.157 e. The number of ketones is 1. The highest BCUT2D eigenvalue weighted by Gasteiger charge is 2.08. The summed E-state index contributed by atoms with van der Waals surface area (Å²) in [7, 11) is 0. The predicted molar refractivity (Wildman–Crippen MR) is 64.0 cm³/mol. The van der Waals surface area contributed by atoms with Crippen LogP contribution in [0.4, 0.5) is 0 Å². The molecule has 0 heterocycles. The zero-order valence-electron chi connectivity index (χ0n) is 9.58. The molecule has 0 atom stereocenters. The van der Waals surface area contributed by atoms with Gasteiger partial charge in [-0.15, -0.1) is 0 Å². The molecule has 1 aliphatic carbocycles. The molecular weight excluding hydrogens is 202 g/mol. The van der Waals surface area contributed by atoms with Crippen LogP contribution in [0.25, 0.3) is 0 Å². The maximum atomic E-state index is 11.1. The SMILES string of the molecule is O=C/C=C\CCCCNC1=CC(=O)CCC1. The van der Waals surface area contributed by atoms with Gasteiger partial charge in [0.25, 0.3) is 0 Å². The first kappa shape index (κ1) is 12.7. The van der Waals surface area contributed by atoms with Gasteiger partial charge in [-0.05, 0) is 38.2 Å². The summed E-state index contributed by atoms with van der Waals surface area (Å²) in [6.45, 7) is 0.911. The Labute approximate surface area is 96.6 Å². The van der Waals surface area contributed by atoms with Crippen molar-refractivity contribution in [1.82, 2.24) is 5.32 Å². The van der Waals surface area contributed by atoms with Crippen LogP contribution in [-0.2, 0) is 9.59 Å². The van der Waals surface area contributed by atoms with Crippen LogP contribution >= 0.6 is 0 Å². The average Bonchev–Trinajstić information content (AvgIpc) is 2.28. The van der Waals surface area contributed by atoms with E-state index in [-0.39, 0.29) is 5.78 Å². The number of allylic oxidation sites excluding steroid dienone is 4. The molecule has 3 nitrogen and oxygen atoms in total. The molecule has 0 saturated carbocycles. The van der Waals surface area contributed by atoms with E-state index in [1.54, 1.807) is 6.08 Å². The second kappa shape index (κ2) is 7.85. The van der Waals surface area contributed by atoms with Crippen molar-refractivity contribution in [3.63, 3.8) is 0 Å². The van der Waals surface area contributed by atoms with Crippen molar-refractivity contribution in [1.29, 1.82) is 0 Å². The Morgan fingerprint density at radius 1 is 1.31 bits per heavy atom. The molecule has 0 spiro atoms. The summed E-state index contributed by atoms with van der Waals surface area (Å²) in [5.74, 6) is 0.239. The van der Waals surface area contributed by atoms with E-state index < -0.39 is 0 Å². The topological polar surface area (TPSA) is 46.2 Å². The lowest BCUT2D eigenvalue weighted by molar-refractivity contribution is -0.115. The highest BCUT2D eigenvalue weighted by molar-refractivity contribution is 5.91. The van der Waals surface area contributed by atoms with Gasteiger partial charge >= 0.3 is 0 Å². The number of nitrogens with one attached hydrogen (secondary N) is 1. The molecule has 0 aromatic carbocycles. The molecule has 0 amide bonds. The Kier molecular flexibility index (Phi) is 6.23. The smallest absolute Gasteiger partial charge is 0.157 e. The molecule has 1 N–H and O–H groups in total. The number of unbranched alkanes of at least 4 members (excludes halogenated alkanes) is 2. The van der Waals surface area contributed by atoms with Crippen LogP contribution in [0, 0.1) is 0 Å². The van der Waals surface area contributed by atoms with E-state index >= 15 is 0 Å². The van der Waals surface area contributed by atoms with Gasteiger partial charge in [0.2, 0.25) is 0 Å². The van der Waals surface area contributed by atoms with E-state index in [9.17, 15) is 9.59 Å². The third-order valence-corrected chi connectivity index (χ3v) is 2.57. The fraction of sp³-hybridized carbons (Fsp3) is 0.538. The van der Waals surface area contributed by atoms with Gasteiger partial charge < -0.3 is 5.32 Å². The van der Waals surface area contributed by atoms with E-state index in [4.69, 9.17) is 0 Å². The highest BCUT2D eigenvalue weighted by atomic mass is 16.1. The maximum absolute atomic E-state index is 11.1. The average molecular weight is 221 g/mol. The van der Waals surface area contributed by atoms with Gasteiger partial charge in [0.1, 0.15) is 6.29 Å². The molecule has 0 aromatic heterocycles. The molecule has 1 aliphatic rings. The summed E-state index contributed by atoms with van der Waals surface area (Å²) < 4.78 is 0. The Morgan fingerprint density at radius 2 is 2.19 bits per heavy atom. The predicted octanol–water partition coefficient (Wildman–Crippen LogP) is 2.14. The lowest BCUT2D eigenvalue weighted by atomic mass is 10.0. The molecule has 16 heavy (non-hydrogen) atoms. The summed E-state index contributed by atoms with van der Waals surface area (Å²) in [5, 5.41) is 3.29. The number of carbonyl (C=O) groups is 2. The Balaban J connectivity index is 2.04. The second-order valence-electron chi connectivity index (χ2n) is 3.98. The number of hydrogen-bond acceptors (Lipinski definition) is 3.